The van der Waals surface area contributed by atoms with E-state index in [1.807, 2.05) is 13.8 Å². The first-order valence-electron chi connectivity index (χ1n) is 5.88. The summed E-state index contributed by atoms with van der Waals surface area (Å²) in [7, 11) is -1.90. The number of methoxy groups -OCH3 is 1. The Labute approximate surface area is 109 Å². The van der Waals surface area contributed by atoms with Crippen molar-refractivity contribution >= 4 is 10.0 Å². The summed E-state index contributed by atoms with van der Waals surface area (Å²) in [6.07, 6.45) is 0. The summed E-state index contributed by atoms with van der Waals surface area (Å²) in [5, 5.41) is 0. The standard InChI is InChI=1S/C12H20N2O3S/c1-4-14(5-2)18(15,16)11-6-7-12(17-3)10(8-11)9-13/h6-8H,4-5,9,13H2,1-3H3. The molecule has 0 radical (unpaired) electrons. The molecule has 1 aromatic carbocycles. The third-order valence-corrected chi connectivity index (χ3v) is 4.86. The van der Waals surface area contributed by atoms with Crippen molar-refractivity contribution in [2.45, 2.75) is 25.3 Å². The smallest absolute Gasteiger partial charge is 0.243 e. The van der Waals surface area contributed by atoms with Gasteiger partial charge in [-0.1, -0.05) is 13.8 Å². The van der Waals surface area contributed by atoms with E-state index in [9.17, 15) is 8.42 Å². The lowest BCUT2D eigenvalue weighted by molar-refractivity contribution is 0.409. The summed E-state index contributed by atoms with van der Waals surface area (Å²) < 4.78 is 31.2. The van der Waals surface area contributed by atoms with Crippen LogP contribution in [-0.4, -0.2) is 32.9 Å². The Morgan fingerprint density at radius 2 is 1.89 bits per heavy atom. The van der Waals surface area contributed by atoms with Crippen LogP contribution < -0.4 is 10.5 Å². The van der Waals surface area contributed by atoms with E-state index in [1.54, 1.807) is 18.2 Å². The molecule has 0 amide bonds. The number of hydrogen-bond acceptors (Lipinski definition) is 4. The Kier molecular flexibility index (Phi) is 5.13. The highest BCUT2D eigenvalue weighted by molar-refractivity contribution is 7.89. The van der Waals surface area contributed by atoms with Crippen LogP contribution in [0.2, 0.25) is 0 Å². The second-order valence-corrected chi connectivity index (χ2v) is 5.71. The average molecular weight is 272 g/mol. The van der Waals surface area contributed by atoms with Gasteiger partial charge in [0.1, 0.15) is 5.75 Å². The summed E-state index contributed by atoms with van der Waals surface area (Å²) in [4.78, 5) is 0.257. The van der Waals surface area contributed by atoms with Gasteiger partial charge in [0, 0.05) is 25.2 Å². The Hall–Kier alpha value is -1.11. The summed E-state index contributed by atoms with van der Waals surface area (Å²) in [6.45, 7) is 4.76. The van der Waals surface area contributed by atoms with Crippen molar-refractivity contribution in [2.75, 3.05) is 20.2 Å². The predicted octanol–water partition coefficient (Wildman–Crippen LogP) is 1.18. The van der Waals surface area contributed by atoms with Crippen LogP contribution in [0, 0.1) is 0 Å². The highest BCUT2D eigenvalue weighted by Crippen LogP contribution is 2.24. The molecule has 6 heteroatoms. The molecular weight excluding hydrogens is 252 g/mol. The molecule has 0 aliphatic carbocycles. The van der Waals surface area contributed by atoms with Gasteiger partial charge in [0.25, 0.3) is 0 Å². The third-order valence-electron chi connectivity index (χ3n) is 2.81. The number of nitrogens with zero attached hydrogens (tertiary/aromatic N) is 1. The molecule has 0 bridgehead atoms. The zero-order valence-corrected chi connectivity index (χ0v) is 11.8. The van der Waals surface area contributed by atoms with Crippen molar-refractivity contribution in [3.8, 4) is 5.75 Å². The highest BCUT2D eigenvalue weighted by Gasteiger charge is 2.22. The van der Waals surface area contributed by atoms with Gasteiger partial charge in [-0.15, -0.1) is 0 Å². The molecule has 0 saturated carbocycles. The lowest BCUT2D eigenvalue weighted by Gasteiger charge is -2.19. The van der Waals surface area contributed by atoms with Crippen molar-refractivity contribution in [3.63, 3.8) is 0 Å². The van der Waals surface area contributed by atoms with Crippen LogP contribution in [0.15, 0.2) is 23.1 Å². The van der Waals surface area contributed by atoms with E-state index in [4.69, 9.17) is 10.5 Å². The fourth-order valence-corrected chi connectivity index (χ4v) is 3.30. The van der Waals surface area contributed by atoms with Gasteiger partial charge in [-0.3, -0.25) is 0 Å². The fraction of sp³-hybridized carbons (Fsp3) is 0.500. The third kappa shape index (κ3) is 2.82. The van der Waals surface area contributed by atoms with Gasteiger partial charge in [-0.2, -0.15) is 4.31 Å². The second kappa shape index (κ2) is 6.17. The van der Waals surface area contributed by atoms with E-state index in [0.29, 0.717) is 24.4 Å². The van der Waals surface area contributed by atoms with Gasteiger partial charge >= 0.3 is 0 Å². The van der Waals surface area contributed by atoms with E-state index in [0.717, 1.165) is 0 Å². The van der Waals surface area contributed by atoms with Crippen molar-refractivity contribution in [1.29, 1.82) is 0 Å². The quantitative estimate of drug-likeness (QED) is 0.844. The van der Waals surface area contributed by atoms with Crippen molar-refractivity contribution in [1.82, 2.24) is 4.31 Å². The Balaban J connectivity index is 3.25. The van der Waals surface area contributed by atoms with Crippen LogP contribution in [0.5, 0.6) is 5.75 Å². The van der Waals surface area contributed by atoms with Crippen LogP contribution in [0.3, 0.4) is 0 Å². The minimum atomic E-state index is -3.44. The summed E-state index contributed by atoms with van der Waals surface area (Å²) in [5.41, 5.74) is 6.28. The maximum Gasteiger partial charge on any atom is 0.243 e. The van der Waals surface area contributed by atoms with Gasteiger partial charge in [-0.05, 0) is 18.2 Å². The summed E-state index contributed by atoms with van der Waals surface area (Å²) >= 11 is 0. The van der Waals surface area contributed by atoms with Gasteiger partial charge in [0.2, 0.25) is 10.0 Å². The number of rotatable bonds is 6. The molecule has 0 aliphatic heterocycles. The molecular formula is C12H20N2O3S. The van der Waals surface area contributed by atoms with Gasteiger partial charge in [0.15, 0.2) is 0 Å². The van der Waals surface area contributed by atoms with Crippen LogP contribution in [0.25, 0.3) is 0 Å². The molecule has 0 aliphatic rings. The number of benzene rings is 1. The molecule has 0 unspecified atom stereocenters. The topological polar surface area (TPSA) is 72.6 Å². The number of hydrogen-bond donors (Lipinski definition) is 1. The van der Waals surface area contributed by atoms with Crippen LogP contribution >= 0.6 is 0 Å². The predicted molar refractivity (Wildman–Crippen MR) is 71.0 cm³/mol. The first-order valence-corrected chi connectivity index (χ1v) is 7.32. The molecule has 0 saturated heterocycles. The van der Waals surface area contributed by atoms with Crippen molar-refractivity contribution in [3.05, 3.63) is 23.8 Å². The van der Waals surface area contributed by atoms with E-state index >= 15 is 0 Å². The number of nitrogens with two attached hydrogens (primary N) is 1. The molecule has 1 rings (SSSR count). The average Bonchev–Trinajstić information content (AvgIpc) is 2.38. The Morgan fingerprint density at radius 3 is 2.33 bits per heavy atom. The Bertz CT molecular complexity index is 496. The molecule has 0 fully saturated rings. The van der Waals surface area contributed by atoms with Crippen molar-refractivity contribution in [2.24, 2.45) is 5.73 Å². The zero-order chi connectivity index (χ0) is 13.8. The van der Waals surface area contributed by atoms with E-state index in [1.165, 1.54) is 11.4 Å². The first kappa shape index (κ1) is 14.9. The maximum atomic E-state index is 12.3. The second-order valence-electron chi connectivity index (χ2n) is 3.77. The molecule has 18 heavy (non-hydrogen) atoms. The molecule has 102 valence electrons. The lowest BCUT2D eigenvalue weighted by Crippen LogP contribution is -2.30. The lowest BCUT2D eigenvalue weighted by atomic mass is 10.2. The van der Waals surface area contributed by atoms with E-state index < -0.39 is 10.0 Å². The summed E-state index contributed by atoms with van der Waals surface area (Å²) in [6, 6.07) is 4.76. The largest absolute Gasteiger partial charge is 0.496 e. The van der Waals surface area contributed by atoms with E-state index in [2.05, 4.69) is 0 Å². The number of ether oxygens (including phenoxy) is 1. The van der Waals surface area contributed by atoms with Crippen LogP contribution in [0.1, 0.15) is 19.4 Å². The van der Waals surface area contributed by atoms with Crippen LogP contribution in [0.4, 0.5) is 0 Å². The van der Waals surface area contributed by atoms with Gasteiger partial charge < -0.3 is 10.5 Å². The molecule has 2 N–H and O–H groups in total. The highest BCUT2D eigenvalue weighted by atomic mass is 32.2. The fourth-order valence-electron chi connectivity index (χ4n) is 1.79. The molecule has 5 nitrogen and oxygen atoms in total. The minimum Gasteiger partial charge on any atom is -0.496 e. The van der Waals surface area contributed by atoms with Crippen LogP contribution in [-0.2, 0) is 16.6 Å². The molecule has 0 heterocycles. The van der Waals surface area contributed by atoms with Gasteiger partial charge in [-0.25, -0.2) is 8.42 Å². The first-order chi connectivity index (χ1) is 8.51. The maximum absolute atomic E-state index is 12.3. The van der Waals surface area contributed by atoms with Crippen molar-refractivity contribution < 1.29 is 13.2 Å². The Morgan fingerprint density at radius 1 is 1.28 bits per heavy atom. The zero-order valence-electron chi connectivity index (χ0n) is 11.0. The normalized spacial score (nSPS) is 11.8. The molecule has 1 aromatic rings. The van der Waals surface area contributed by atoms with E-state index in [-0.39, 0.29) is 11.4 Å². The molecule has 0 atom stereocenters. The molecule has 0 spiro atoms. The molecule has 0 aromatic heterocycles. The van der Waals surface area contributed by atoms with Gasteiger partial charge in [0.05, 0.1) is 12.0 Å². The SMILES string of the molecule is CCN(CC)S(=O)(=O)c1ccc(OC)c(CN)c1. The monoisotopic (exact) mass is 272 g/mol. The minimum absolute atomic E-state index is 0.241. The summed E-state index contributed by atoms with van der Waals surface area (Å²) in [5.74, 6) is 0.607. The number of sulfonamides is 1.